The Kier molecular flexibility index (Phi) is 5.46. The lowest BCUT2D eigenvalue weighted by atomic mass is 9.80. The molecule has 1 unspecified atom stereocenters. The van der Waals surface area contributed by atoms with Crippen molar-refractivity contribution in [2.24, 2.45) is 5.92 Å². The number of phenols is 2. The number of aliphatic hydroxyl groups excluding tert-OH is 1. The fourth-order valence-electron chi connectivity index (χ4n) is 3.54. The highest BCUT2D eigenvalue weighted by molar-refractivity contribution is 5.44. The first-order chi connectivity index (χ1) is 12.9. The summed E-state index contributed by atoms with van der Waals surface area (Å²) in [5.41, 5.74) is -0.0614. The van der Waals surface area contributed by atoms with Gasteiger partial charge in [-0.15, -0.1) is 0 Å². The van der Waals surface area contributed by atoms with E-state index in [0.717, 1.165) is 5.56 Å². The summed E-state index contributed by atoms with van der Waals surface area (Å²) in [6, 6.07) is 9.66. The molecule has 3 atom stereocenters. The van der Waals surface area contributed by atoms with Gasteiger partial charge in [0.25, 0.3) is 0 Å². The largest absolute Gasteiger partial charge is 0.504 e. The average molecular weight is 376 g/mol. The van der Waals surface area contributed by atoms with Crippen molar-refractivity contribution < 1.29 is 34.6 Å². The van der Waals surface area contributed by atoms with Crippen molar-refractivity contribution in [2.75, 3.05) is 27.4 Å². The highest BCUT2D eigenvalue weighted by atomic mass is 16.5. The Morgan fingerprint density at radius 2 is 1.67 bits per heavy atom. The van der Waals surface area contributed by atoms with Gasteiger partial charge in [0.2, 0.25) is 0 Å². The summed E-state index contributed by atoms with van der Waals surface area (Å²) in [4.78, 5) is 0. The number of methoxy groups -OCH3 is 2. The van der Waals surface area contributed by atoms with E-state index >= 15 is 0 Å². The molecule has 0 saturated carbocycles. The van der Waals surface area contributed by atoms with E-state index in [1.54, 1.807) is 24.3 Å². The van der Waals surface area contributed by atoms with Crippen LogP contribution in [-0.4, -0.2) is 53.5 Å². The molecule has 0 spiro atoms. The smallest absolute Gasteiger partial charge is 0.160 e. The van der Waals surface area contributed by atoms with Gasteiger partial charge in [-0.1, -0.05) is 12.1 Å². The molecule has 0 radical (unpaired) electrons. The minimum atomic E-state index is -1.51. The summed E-state index contributed by atoms with van der Waals surface area (Å²) in [7, 11) is 2.91. The second-order valence-corrected chi connectivity index (χ2v) is 6.70. The van der Waals surface area contributed by atoms with E-state index in [2.05, 4.69) is 0 Å². The molecule has 2 aromatic carbocycles. The topological polar surface area (TPSA) is 109 Å². The van der Waals surface area contributed by atoms with Crippen LogP contribution < -0.4 is 9.47 Å². The van der Waals surface area contributed by atoms with Crippen molar-refractivity contribution in [3.63, 3.8) is 0 Å². The molecule has 0 amide bonds. The second kappa shape index (κ2) is 7.64. The van der Waals surface area contributed by atoms with Crippen molar-refractivity contribution in [1.29, 1.82) is 0 Å². The number of aromatic hydroxyl groups is 2. The summed E-state index contributed by atoms with van der Waals surface area (Å²) in [5.74, 6) is 0.262. The van der Waals surface area contributed by atoms with Crippen LogP contribution >= 0.6 is 0 Å². The van der Waals surface area contributed by atoms with Gasteiger partial charge in [-0.05, 0) is 41.8 Å². The Hall–Kier alpha value is -2.48. The molecule has 1 heterocycles. The molecule has 146 valence electrons. The number of aliphatic hydroxyl groups is 2. The molecular formula is C20H24O7. The van der Waals surface area contributed by atoms with Crippen LogP contribution in [0.4, 0.5) is 0 Å². The maximum atomic E-state index is 11.2. The average Bonchev–Trinajstić information content (AvgIpc) is 3.00. The van der Waals surface area contributed by atoms with E-state index in [4.69, 9.17) is 14.2 Å². The Morgan fingerprint density at radius 3 is 2.30 bits per heavy atom. The summed E-state index contributed by atoms with van der Waals surface area (Å²) in [6.45, 7) is -0.241. The van der Waals surface area contributed by atoms with Gasteiger partial charge in [0.15, 0.2) is 23.0 Å². The predicted molar refractivity (Wildman–Crippen MR) is 97.2 cm³/mol. The van der Waals surface area contributed by atoms with Crippen LogP contribution in [0.25, 0.3) is 0 Å². The minimum absolute atomic E-state index is 0.0143. The Bertz CT molecular complexity index is 807. The van der Waals surface area contributed by atoms with Crippen molar-refractivity contribution in [2.45, 2.75) is 18.1 Å². The molecule has 0 bridgehead atoms. The Balaban J connectivity index is 1.87. The molecule has 3 rings (SSSR count). The summed E-state index contributed by atoms with van der Waals surface area (Å²) < 4.78 is 16.1. The van der Waals surface area contributed by atoms with Crippen LogP contribution in [0, 0.1) is 5.92 Å². The Labute approximate surface area is 157 Å². The minimum Gasteiger partial charge on any atom is -0.504 e. The quantitative estimate of drug-likeness (QED) is 0.608. The first-order valence-corrected chi connectivity index (χ1v) is 8.60. The molecule has 0 aliphatic carbocycles. The van der Waals surface area contributed by atoms with Crippen molar-refractivity contribution in [3.05, 3.63) is 47.5 Å². The maximum Gasteiger partial charge on any atom is 0.160 e. The molecule has 1 fully saturated rings. The van der Waals surface area contributed by atoms with Crippen LogP contribution in [0.15, 0.2) is 36.4 Å². The van der Waals surface area contributed by atoms with E-state index in [0.29, 0.717) is 17.7 Å². The van der Waals surface area contributed by atoms with Crippen LogP contribution in [0.2, 0.25) is 0 Å². The first-order valence-electron chi connectivity index (χ1n) is 8.60. The number of phenolic OH excluding ortho intramolecular Hbond substituents is 2. The third-order valence-corrected chi connectivity index (χ3v) is 5.11. The van der Waals surface area contributed by atoms with Gasteiger partial charge in [0.05, 0.1) is 27.4 Å². The van der Waals surface area contributed by atoms with Gasteiger partial charge >= 0.3 is 0 Å². The zero-order valence-electron chi connectivity index (χ0n) is 15.3. The van der Waals surface area contributed by atoms with Gasteiger partial charge in [0.1, 0.15) is 11.7 Å². The SMILES string of the molecule is COc1cc(C[C@H]2COC(c3ccc(O)c(OC)c3)[C@@]2(O)CO)ccc1O. The van der Waals surface area contributed by atoms with Crippen molar-refractivity contribution >= 4 is 0 Å². The van der Waals surface area contributed by atoms with Crippen LogP contribution in [0.3, 0.4) is 0 Å². The highest BCUT2D eigenvalue weighted by Crippen LogP contribution is 2.45. The monoisotopic (exact) mass is 376 g/mol. The van der Waals surface area contributed by atoms with Gasteiger partial charge in [0, 0.05) is 5.92 Å². The molecule has 7 nitrogen and oxygen atoms in total. The molecule has 4 N–H and O–H groups in total. The van der Waals surface area contributed by atoms with Gasteiger partial charge in [-0.2, -0.15) is 0 Å². The third kappa shape index (κ3) is 3.53. The number of rotatable bonds is 6. The molecule has 7 heteroatoms. The highest BCUT2D eigenvalue weighted by Gasteiger charge is 2.50. The van der Waals surface area contributed by atoms with E-state index in [1.807, 2.05) is 0 Å². The molecule has 27 heavy (non-hydrogen) atoms. The normalized spacial score (nSPS) is 24.7. The fraction of sp³-hybridized carbons (Fsp3) is 0.400. The first kappa shape index (κ1) is 19.3. The lowest BCUT2D eigenvalue weighted by Crippen LogP contribution is -2.43. The fourth-order valence-corrected chi connectivity index (χ4v) is 3.54. The van der Waals surface area contributed by atoms with Crippen LogP contribution in [0.5, 0.6) is 23.0 Å². The molecular weight excluding hydrogens is 352 g/mol. The number of benzene rings is 2. The third-order valence-electron chi connectivity index (χ3n) is 5.11. The van der Waals surface area contributed by atoms with Crippen molar-refractivity contribution in [3.8, 4) is 23.0 Å². The van der Waals surface area contributed by atoms with Crippen LogP contribution in [-0.2, 0) is 11.2 Å². The standard InChI is InChI=1S/C20H24O7/c1-25-17-8-12(3-5-15(17)22)7-14-10-27-19(20(14,24)11-21)13-4-6-16(23)18(9-13)26-2/h3-6,8-9,14,19,21-24H,7,10-11H2,1-2H3/t14-,19?,20+/m0/s1. The summed E-state index contributed by atoms with van der Waals surface area (Å²) in [6.07, 6.45) is -0.333. The molecule has 1 aliphatic heterocycles. The second-order valence-electron chi connectivity index (χ2n) is 6.70. The lowest BCUT2D eigenvalue weighted by Gasteiger charge is -2.32. The van der Waals surface area contributed by atoms with Gasteiger partial charge in [-0.3, -0.25) is 0 Å². The van der Waals surface area contributed by atoms with Crippen molar-refractivity contribution in [1.82, 2.24) is 0 Å². The Morgan fingerprint density at radius 1 is 1.04 bits per heavy atom. The van der Waals surface area contributed by atoms with Gasteiger partial charge < -0.3 is 34.6 Å². The maximum absolute atomic E-state index is 11.2. The zero-order valence-corrected chi connectivity index (χ0v) is 15.3. The molecule has 0 aromatic heterocycles. The summed E-state index contributed by atoms with van der Waals surface area (Å²) >= 11 is 0. The number of hydrogen-bond donors (Lipinski definition) is 4. The molecule has 1 aliphatic rings. The molecule has 2 aromatic rings. The number of hydrogen-bond acceptors (Lipinski definition) is 7. The number of ether oxygens (including phenoxy) is 3. The van der Waals surface area contributed by atoms with E-state index < -0.39 is 18.3 Å². The van der Waals surface area contributed by atoms with Gasteiger partial charge in [-0.25, -0.2) is 0 Å². The zero-order chi connectivity index (χ0) is 19.6. The predicted octanol–water partition coefficient (Wildman–Crippen LogP) is 1.77. The van der Waals surface area contributed by atoms with E-state index in [-0.39, 0.29) is 29.8 Å². The van der Waals surface area contributed by atoms with E-state index in [1.165, 1.54) is 26.4 Å². The molecule has 1 saturated heterocycles. The lowest BCUT2D eigenvalue weighted by molar-refractivity contribution is -0.0882. The van der Waals surface area contributed by atoms with E-state index in [9.17, 15) is 20.4 Å². The van der Waals surface area contributed by atoms with Crippen LogP contribution in [0.1, 0.15) is 17.2 Å². The summed E-state index contributed by atoms with van der Waals surface area (Å²) in [5, 5.41) is 40.7.